The first-order chi connectivity index (χ1) is 8.74. The zero-order chi connectivity index (χ0) is 13.0. The van der Waals surface area contributed by atoms with E-state index in [9.17, 15) is 0 Å². The van der Waals surface area contributed by atoms with E-state index in [1.54, 1.807) is 6.20 Å². The summed E-state index contributed by atoms with van der Waals surface area (Å²) in [5.41, 5.74) is 8.26. The highest BCUT2D eigenvalue weighted by Crippen LogP contribution is 2.20. The van der Waals surface area contributed by atoms with Crippen LogP contribution in [0.15, 0.2) is 36.7 Å². The number of aryl methyl sites for hydroxylation is 1. The van der Waals surface area contributed by atoms with Gasteiger partial charge in [0.2, 0.25) is 0 Å². The van der Waals surface area contributed by atoms with Crippen molar-refractivity contribution in [1.82, 2.24) is 9.78 Å². The van der Waals surface area contributed by atoms with Gasteiger partial charge in [-0.1, -0.05) is 29.8 Å². The molecule has 0 saturated heterocycles. The average molecular weight is 245 g/mol. The van der Waals surface area contributed by atoms with Crippen molar-refractivity contribution in [3.8, 4) is 5.75 Å². The van der Waals surface area contributed by atoms with Crippen molar-refractivity contribution in [3.63, 3.8) is 0 Å². The van der Waals surface area contributed by atoms with E-state index >= 15 is 0 Å². The molecule has 0 aliphatic heterocycles. The molecule has 0 saturated carbocycles. The molecule has 2 rings (SSSR count). The van der Waals surface area contributed by atoms with Crippen LogP contribution in [-0.4, -0.2) is 22.9 Å². The van der Waals surface area contributed by atoms with E-state index in [1.807, 2.05) is 23.9 Å². The Balaban J connectivity index is 2.27. The van der Waals surface area contributed by atoms with Crippen LogP contribution in [0.3, 0.4) is 0 Å². The van der Waals surface area contributed by atoms with Gasteiger partial charge in [0, 0.05) is 6.54 Å². The Morgan fingerprint density at radius 3 is 2.94 bits per heavy atom. The molecule has 1 unspecified atom stereocenters. The Bertz CT molecular complexity index is 507. The van der Waals surface area contributed by atoms with Crippen molar-refractivity contribution in [3.05, 3.63) is 47.8 Å². The van der Waals surface area contributed by atoms with Crippen molar-refractivity contribution in [2.24, 2.45) is 5.73 Å². The summed E-state index contributed by atoms with van der Waals surface area (Å²) in [7, 11) is 0. The molecule has 1 atom stereocenters. The third-order valence-electron chi connectivity index (χ3n) is 2.86. The van der Waals surface area contributed by atoms with Gasteiger partial charge in [0.15, 0.2) is 5.75 Å². The fourth-order valence-electron chi connectivity index (χ4n) is 2.01. The summed E-state index contributed by atoms with van der Waals surface area (Å²) < 4.78 is 7.28. The summed E-state index contributed by atoms with van der Waals surface area (Å²) in [4.78, 5) is 0. The molecule has 1 heterocycles. The van der Waals surface area contributed by atoms with Crippen LogP contribution in [-0.2, 0) is 0 Å². The number of rotatable bonds is 5. The van der Waals surface area contributed by atoms with Gasteiger partial charge in [-0.2, -0.15) is 5.10 Å². The summed E-state index contributed by atoms with van der Waals surface area (Å²) in [6.45, 7) is 5.18. The minimum absolute atomic E-state index is 0.0547. The lowest BCUT2D eigenvalue weighted by atomic mass is 10.0. The molecule has 2 N–H and O–H groups in total. The van der Waals surface area contributed by atoms with Crippen molar-refractivity contribution < 1.29 is 4.74 Å². The van der Waals surface area contributed by atoms with Gasteiger partial charge >= 0.3 is 0 Å². The third-order valence-corrected chi connectivity index (χ3v) is 2.86. The maximum atomic E-state index is 5.87. The predicted molar refractivity (Wildman–Crippen MR) is 71.8 cm³/mol. The van der Waals surface area contributed by atoms with E-state index in [0.29, 0.717) is 13.2 Å². The van der Waals surface area contributed by atoms with E-state index in [-0.39, 0.29) is 6.04 Å². The van der Waals surface area contributed by atoms with Crippen LogP contribution in [0.25, 0.3) is 0 Å². The molecule has 0 amide bonds. The fraction of sp³-hybridized carbons (Fsp3) is 0.357. The number of benzene rings is 1. The van der Waals surface area contributed by atoms with Gasteiger partial charge in [0.1, 0.15) is 0 Å². The lowest BCUT2D eigenvalue weighted by Crippen LogP contribution is -2.20. The first kappa shape index (κ1) is 12.6. The van der Waals surface area contributed by atoms with Gasteiger partial charge in [0.25, 0.3) is 0 Å². The molecule has 0 aliphatic carbocycles. The number of nitrogens with zero attached hydrogens (tertiary/aromatic N) is 2. The van der Waals surface area contributed by atoms with Crippen LogP contribution in [0.1, 0.15) is 24.1 Å². The highest BCUT2D eigenvalue weighted by Gasteiger charge is 2.13. The van der Waals surface area contributed by atoms with Crippen LogP contribution in [0, 0.1) is 6.92 Å². The number of hydrogen-bond acceptors (Lipinski definition) is 3. The number of hydrogen-bond donors (Lipinski definition) is 1. The van der Waals surface area contributed by atoms with Gasteiger partial charge in [-0.25, -0.2) is 0 Å². The Kier molecular flexibility index (Phi) is 3.99. The number of nitrogens with two attached hydrogens (primary N) is 1. The molecule has 0 spiro atoms. The molecule has 4 nitrogen and oxygen atoms in total. The molecule has 18 heavy (non-hydrogen) atoms. The van der Waals surface area contributed by atoms with Crippen molar-refractivity contribution in [1.29, 1.82) is 0 Å². The monoisotopic (exact) mass is 245 g/mol. The summed E-state index contributed by atoms with van der Waals surface area (Å²) >= 11 is 0. The zero-order valence-electron chi connectivity index (χ0n) is 10.8. The summed E-state index contributed by atoms with van der Waals surface area (Å²) in [6.07, 6.45) is 3.62. The molecule has 96 valence electrons. The van der Waals surface area contributed by atoms with Crippen molar-refractivity contribution in [2.45, 2.75) is 19.9 Å². The topological polar surface area (TPSA) is 53.1 Å². The van der Waals surface area contributed by atoms with Crippen LogP contribution in [0.5, 0.6) is 5.75 Å². The molecule has 0 radical (unpaired) electrons. The first-order valence-electron chi connectivity index (χ1n) is 6.18. The van der Waals surface area contributed by atoms with Crippen LogP contribution >= 0.6 is 0 Å². The lowest BCUT2D eigenvalue weighted by Gasteiger charge is -2.16. The highest BCUT2D eigenvalue weighted by molar-refractivity contribution is 5.26. The second kappa shape index (κ2) is 5.69. The molecule has 0 fully saturated rings. The zero-order valence-corrected chi connectivity index (χ0v) is 10.8. The van der Waals surface area contributed by atoms with Crippen molar-refractivity contribution in [2.75, 3.05) is 13.2 Å². The Morgan fingerprint density at radius 2 is 2.28 bits per heavy atom. The molecule has 4 heteroatoms. The summed E-state index contributed by atoms with van der Waals surface area (Å²) in [5, 5.41) is 4.32. The fourth-order valence-corrected chi connectivity index (χ4v) is 2.01. The van der Waals surface area contributed by atoms with E-state index in [0.717, 1.165) is 5.75 Å². The Hall–Kier alpha value is -1.81. The van der Waals surface area contributed by atoms with Crippen LogP contribution in [0.2, 0.25) is 0 Å². The van der Waals surface area contributed by atoms with Gasteiger partial charge in [0.05, 0.1) is 25.0 Å². The van der Waals surface area contributed by atoms with Gasteiger partial charge < -0.3 is 10.5 Å². The minimum atomic E-state index is 0.0547. The third kappa shape index (κ3) is 2.71. The number of ether oxygens (including phenoxy) is 1. The molecule has 0 aliphatic rings. The largest absolute Gasteiger partial charge is 0.491 e. The molecule has 1 aromatic heterocycles. The van der Waals surface area contributed by atoms with Gasteiger partial charge in [-0.15, -0.1) is 0 Å². The Labute approximate surface area is 107 Å². The van der Waals surface area contributed by atoms with E-state index < -0.39 is 0 Å². The second-order valence-electron chi connectivity index (χ2n) is 4.25. The molecular formula is C14H19N3O. The highest BCUT2D eigenvalue weighted by atomic mass is 16.5. The average Bonchev–Trinajstić information content (AvgIpc) is 2.79. The lowest BCUT2D eigenvalue weighted by molar-refractivity contribution is 0.339. The molecular weight excluding hydrogens is 226 g/mol. The SMILES string of the molecule is CCOc1cnn(C(CN)c2cccc(C)c2)c1. The quantitative estimate of drug-likeness (QED) is 0.878. The summed E-state index contributed by atoms with van der Waals surface area (Å²) in [6, 6.07) is 8.39. The smallest absolute Gasteiger partial charge is 0.157 e. The first-order valence-corrected chi connectivity index (χ1v) is 6.18. The molecule has 2 aromatic rings. The Morgan fingerprint density at radius 1 is 1.44 bits per heavy atom. The minimum Gasteiger partial charge on any atom is -0.491 e. The number of aromatic nitrogens is 2. The van der Waals surface area contributed by atoms with Crippen molar-refractivity contribution >= 4 is 0 Å². The maximum Gasteiger partial charge on any atom is 0.157 e. The van der Waals surface area contributed by atoms with Gasteiger partial charge in [-0.05, 0) is 19.4 Å². The normalized spacial score (nSPS) is 12.4. The van der Waals surface area contributed by atoms with Crippen LogP contribution in [0.4, 0.5) is 0 Å². The maximum absolute atomic E-state index is 5.87. The van der Waals surface area contributed by atoms with E-state index in [2.05, 4.69) is 30.2 Å². The molecule has 0 bridgehead atoms. The van der Waals surface area contributed by atoms with E-state index in [1.165, 1.54) is 11.1 Å². The summed E-state index contributed by atoms with van der Waals surface area (Å²) in [5.74, 6) is 0.781. The molecule has 1 aromatic carbocycles. The van der Waals surface area contributed by atoms with Gasteiger partial charge in [-0.3, -0.25) is 4.68 Å². The van der Waals surface area contributed by atoms with E-state index in [4.69, 9.17) is 10.5 Å². The second-order valence-corrected chi connectivity index (χ2v) is 4.25. The predicted octanol–water partition coefficient (Wildman–Crippen LogP) is 2.14. The standard InChI is InChI=1S/C14H19N3O/c1-3-18-13-9-16-17(10-13)14(8-15)12-6-4-5-11(2)7-12/h4-7,9-10,14H,3,8,15H2,1-2H3. The van der Waals surface area contributed by atoms with Crippen LogP contribution < -0.4 is 10.5 Å².